The summed E-state index contributed by atoms with van der Waals surface area (Å²) in [6.07, 6.45) is 5.13. The molecule has 0 saturated carbocycles. The van der Waals surface area contributed by atoms with Gasteiger partial charge in [0, 0.05) is 40.9 Å². The third-order valence-corrected chi connectivity index (χ3v) is 5.83. The van der Waals surface area contributed by atoms with Crippen molar-refractivity contribution in [2.75, 3.05) is 16.4 Å². The van der Waals surface area contributed by atoms with E-state index in [0.717, 1.165) is 38.6 Å². The van der Waals surface area contributed by atoms with Gasteiger partial charge in [-0.05, 0) is 71.7 Å². The Bertz CT molecular complexity index is 1410. The van der Waals surface area contributed by atoms with E-state index in [-0.39, 0.29) is 11.7 Å². The largest absolute Gasteiger partial charge is 0.398 e. The van der Waals surface area contributed by atoms with Crippen LogP contribution in [0.25, 0.3) is 21.9 Å². The van der Waals surface area contributed by atoms with Crippen LogP contribution in [-0.4, -0.2) is 21.8 Å². The van der Waals surface area contributed by atoms with Crippen molar-refractivity contribution in [1.82, 2.24) is 9.97 Å². The maximum Gasteiger partial charge on any atom is 0.315 e. The molecule has 4 rings (SSSR count). The Morgan fingerprint density at radius 1 is 0.941 bits per heavy atom. The Hall–Kier alpha value is -4.26. The van der Waals surface area contributed by atoms with Crippen molar-refractivity contribution in [2.24, 2.45) is 0 Å². The highest BCUT2D eigenvalue weighted by Crippen LogP contribution is 2.31. The second kappa shape index (κ2) is 9.31. The van der Waals surface area contributed by atoms with E-state index in [4.69, 9.17) is 5.73 Å². The Morgan fingerprint density at radius 2 is 1.71 bits per heavy atom. The standard InChI is InChI=1S/C27H27N5O2/c1-15(2)20-7-5-6-17(4)25(20)32-27(34)26(33)31-24-12-19-10-18(11-23(28)22(19)14-30-24)21-13-29-9-8-16(21)3/h5-15H,28H2,1-4H3,(H,32,34)(H,30,31,33). The SMILES string of the molecule is Cc1ccncc1-c1cc(N)c2cnc(NC(=O)C(=O)Nc3c(C)cccc3C(C)C)cc2c1. The number of hydrogen-bond acceptors (Lipinski definition) is 5. The number of carbonyl (C=O) groups is 2. The predicted octanol–water partition coefficient (Wildman–Crippen LogP) is 5.20. The fourth-order valence-corrected chi connectivity index (χ4v) is 3.96. The average Bonchev–Trinajstić information content (AvgIpc) is 2.80. The van der Waals surface area contributed by atoms with Crippen molar-refractivity contribution in [1.29, 1.82) is 0 Å². The normalized spacial score (nSPS) is 11.0. The van der Waals surface area contributed by atoms with Crippen LogP contribution in [0.3, 0.4) is 0 Å². The van der Waals surface area contributed by atoms with Gasteiger partial charge in [0.1, 0.15) is 5.82 Å². The first-order valence-electron chi connectivity index (χ1n) is 11.1. The topological polar surface area (TPSA) is 110 Å². The van der Waals surface area contributed by atoms with Crippen molar-refractivity contribution in [2.45, 2.75) is 33.6 Å². The van der Waals surface area contributed by atoms with Crippen LogP contribution in [0.2, 0.25) is 0 Å². The third-order valence-electron chi connectivity index (χ3n) is 5.83. The molecule has 0 atom stereocenters. The summed E-state index contributed by atoms with van der Waals surface area (Å²) in [4.78, 5) is 33.8. The van der Waals surface area contributed by atoms with Gasteiger partial charge in [-0.25, -0.2) is 4.98 Å². The lowest BCUT2D eigenvalue weighted by atomic mass is 9.98. The van der Waals surface area contributed by atoms with Gasteiger partial charge < -0.3 is 16.4 Å². The van der Waals surface area contributed by atoms with Crippen LogP contribution in [0.15, 0.2) is 61.1 Å². The molecule has 0 spiro atoms. The van der Waals surface area contributed by atoms with Gasteiger partial charge in [0.2, 0.25) is 0 Å². The van der Waals surface area contributed by atoms with Gasteiger partial charge in [0.05, 0.1) is 0 Å². The summed E-state index contributed by atoms with van der Waals surface area (Å²) in [5, 5.41) is 6.91. The molecule has 0 aliphatic rings. The zero-order valence-electron chi connectivity index (χ0n) is 19.6. The van der Waals surface area contributed by atoms with Crippen molar-refractivity contribution < 1.29 is 9.59 Å². The van der Waals surface area contributed by atoms with Crippen molar-refractivity contribution in [3.8, 4) is 11.1 Å². The van der Waals surface area contributed by atoms with E-state index in [9.17, 15) is 9.59 Å². The smallest absolute Gasteiger partial charge is 0.315 e. The number of nitrogens with two attached hydrogens (primary N) is 1. The van der Waals surface area contributed by atoms with E-state index in [2.05, 4.69) is 20.6 Å². The van der Waals surface area contributed by atoms with Crippen LogP contribution in [-0.2, 0) is 9.59 Å². The molecule has 0 saturated heterocycles. The molecule has 0 bridgehead atoms. The number of nitrogens with zero attached hydrogens (tertiary/aromatic N) is 2. The molecule has 0 radical (unpaired) electrons. The number of rotatable bonds is 4. The number of aryl methyl sites for hydroxylation is 2. The fraction of sp³-hybridized carbons (Fsp3) is 0.185. The number of nitrogens with one attached hydrogen (secondary N) is 2. The summed E-state index contributed by atoms with van der Waals surface area (Å²) < 4.78 is 0. The molecule has 7 nitrogen and oxygen atoms in total. The van der Waals surface area contributed by atoms with Crippen LogP contribution >= 0.6 is 0 Å². The van der Waals surface area contributed by atoms with E-state index >= 15 is 0 Å². The summed E-state index contributed by atoms with van der Waals surface area (Å²) >= 11 is 0. The molecule has 4 aromatic rings. The molecule has 0 aliphatic carbocycles. The number of benzene rings is 2. The number of pyridine rings is 2. The van der Waals surface area contributed by atoms with Crippen LogP contribution in [0.1, 0.15) is 36.5 Å². The quantitative estimate of drug-likeness (QED) is 0.291. The summed E-state index contributed by atoms with van der Waals surface area (Å²) in [5.41, 5.74) is 12.3. The van der Waals surface area contributed by atoms with Crippen molar-refractivity contribution >= 4 is 39.8 Å². The van der Waals surface area contributed by atoms with Gasteiger partial charge >= 0.3 is 11.8 Å². The maximum absolute atomic E-state index is 12.7. The van der Waals surface area contributed by atoms with Gasteiger partial charge in [-0.3, -0.25) is 14.6 Å². The van der Waals surface area contributed by atoms with E-state index in [1.807, 2.05) is 64.1 Å². The Morgan fingerprint density at radius 3 is 2.44 bits per heavy atom. The van der Waals surface area contributed by atoms with Crippen molar-refractivity contribution in [3.63, 3.8) is 0 Å². The minimum Gasteiger partial charge on any atom is -0.398 e. The molecular weight excluding hydrogens is 426 g/mol. The molecular formula is C27H27N5O2. The molecule has 0 aliphatic heterocycles. The van der Waals surface area contributed by atoms with E-state index in [0.29, 0.717) is 11.4 Å². The molecule has 2 aromatic heterocycles. The molecule has 2 aromatic carbocycles. The van der Waals surface area contributed by atoms with E-state index < -0.39 is 11.8 Å². The molecule has 0 unspecified atom stereocenters. The molecule has 0 fully saturated rings. The number of para-hydroxylation sites is 1. The van der Waals surface area contributed by atoms with Gasteiger partial charge in [0.15, 0.2) is 0 Å². The minimum atomic E-state index is -0.794. The Kier molecular flexibility index (Phi) is 6.27. The summed E-state index contributed by atoms with van der Waals surface area (Å²) in [7, 11) is 0. The predicted molar refractivity (Wildman–Crippen MR) is 137 cm³/mol. The average molecular weight is 454 g/mol. The van der Waals surface area contributed by atoms with Crippen LogP contribution in [0, 0.1) is 13.8 Å². The van der Waals surface area contributed by atoms with Crippen LogP contribution in [0.5, 0.6) is 0 Å². The molecule has 7 heteroatoms. The maximum atomic E-state index is 12.7. The molecule has 34 heavy (non-hydrogen) atoms. The molecule has 172 valence electrons. The monoisotopic (exact) mass is 453 g/mol. The lowest BCUT2D eigenvalue weighted by Gasteiger charge is -2.16. The van der Waals surface area contributed by atoms with Gasteiger partial charge in [-0.2, -0.15) is 0 Å². The molecule has 4 N–H and O–H groups in total. The second-order valence-electron chi connectivity index (χ2n) is 8.65. The van der Waals surface area contributed by atoms with E-state index in [1.165, 1.54) is 0 Å². The molecule has 2 heterocycles. The zero-order chi connectivity index (χ0) is 24.4. The highest BCUT2D eigenvalue weighted by atomic mass is 16.2. The number of nitrogen functional groups attached to an aromatic ring is 1. The first-order chi connectivity index (χ1) is 16.2. The van der Waals surface area contributed by atoms with Gasteiger partial charge in [-0.1, -0.05) is 32.0 Å². The van der Waals surface area contributed by atoms with Gasteiger partial charge in [0.25, 0.3) is 0 Å². The van der Waals surface area contributed by atoms with Gasteiger partial charge in [-0.15, -0.1) is 0 Å². The summed E-state index contributed by atoms with van der Waals surface area (Å²) in [6.45, 7) is 7.98. The molecule has 2 amide bonds. The van der Waals surface area contributed by atoms with E-state index in [1.54, 1.807) is 24.7 Å². The van der Waals surface area contributed by atoms with Crippen LogP contribution in [0.4, 0.5) is 17.2 Å². The summed E-state index contributed by atoms with van der Waals surface area (Å²) in [5.74, 6) is -1.08. The lowest BCUT2D eigenvalue weighted by Crippen LogP contribution is -2.30. The summed E-state index contributed by atoms with van der Waals surface area (Å²) in [6, 6.07) is 13.3. The first-order valence-corrected chi connectivity index (χ1v) is 11.1. The number of carbonyl (C=O) groups excluding carboxylic acids is 2. The number of amides is 2. The Balaban J connectivity index is 1.59. The van der Waals surface area contributed by atoms with Crippen molar-refractivity contribution in [3.05, 3.63) is 77.7 Å². The number of aromatic nitrogens is 2. The zero-order valence-corrected chi connectivity index (χ0v) is 19.6. The lowest BCUT2D eigenvalue weighted by molar-refractivity contribution is -0.133. The second-order valence-corrected chi connectivity index (χ2v) is 8.65. The Labute approximate surface area is 198 Å². The minimum absolute atomic E-state index is 0.198. The third kappa shape index (κ3) is 4.59. The highest BCUT2D eigenvalue weighted by Gasteiger charge is 2.19. The number of hydrogen-bond donors (Lipinski definition) is 3. The first kappa shape index (κ1) is 22.9. The number of anilines is 3. The van der Waals surface area contributed by atoms with Crippen LogP contribution < -0.4 is 16.4 Å². The fourth-order valence-electron chi connectivity index (χ4n) is 3.96. The number of fused-ring (bicyclic) bond motifs is 1. The highest BCUT2D eigenvalue weighted by molar-refractivity contribution is 6.43.